The summed E-state index contributed by atoms with van der Waals surface area (Å²) in [6.45, 7) is 0. The van der Waals surface area contributed by atoms with Gasteiger partial charge in [0, 0.05) is 5.02 Å². The molecule has 0 spiro atoms. The molecule has 1 aromatic carbocycles. The monoisotopic (exact) mass is 351 g/mol. The first-order valence-corrected chi connectivity index (χ1v) is 8.40. The first-order valence-electron chi connectivity index (χ1n) is 7.64. The van der Waals surface area contributed by atoms with Crippen molar-refractivity contribution < 1.29 is 14.7 Å². The number of halogens is 2. The first kappa shape index (κ1) is 15.0. The van der Waals surface area contributed by atoms with Gasteiger partial charge in [0.1, 0.15) is 0 Å². The van der Waals surface area contributed by atoms with E-state index in [1.807, 2.05) is 12.2 Å². The van der Waals surface area contributed by atoms with Gasteiger partial charge in [0.25, 0.3) is 0 Å². The van der Waals surface area contributed by atoms with Crippen molar-refractivity contribution in [1.82, 2.24) is 0 Å². The number of carbonyl (C=O) groups is 2. The lowest BCUT2D eigenvalue weighted by atomic mass is 9.62. The SMILES string of the molecule is O=C(O)[C@@H]1[C@H]2C=C[C@@H]([C@@H]3C[C@@H]23)[C@H]1C(=O)Nc1cc(Cl)ccc1Cl. The number of rotatable bonds is 3. The topological polar surface area (TPSA) is 66.4 Å². The number of carboxylic acids is 1. The number of fused-ring (bicyclic) bond motifs is 1. The Labute approximate surface area is 143 Å². The molecule has 0 aromatic heterocycles. The number of hydrogen-bond donors (Lipinski definition) is 2. The van der Waals surface area contributed by atoms with Crippen LogP contribution < -0.4 is 5.32 Å². The minimum absolute atomic E-state index is 0.00376. The highest BCUT2D eigenvalue weighted by atomic mass is 35.5. The van der Waals surface area contributed by atoms with Gasteiger partial charge in [-0.05, 0) is 48.3 Å². The normalized spacial score (nSPS) is 36.4. The zero-order valence-corrected chi connectivity index (χ0v) is 13.6. The lowest BCUT2D eigenvalue weighted by Crippen LogP contribution is -2.48. The molecule has 1 amide bonds. The van der Waals surface area contributed by atoms with E-state index in [4.69, 9.17) is 23.2 Å². The predicted octanol–water partition coefficient (Wildman–Crippen LogP) is 3.70. The third kappa shape index (κ3) is 2.36. The van der Waals surface area contributed by atoms with Gasteiger partial charge >= 0.3 is 5.97 Å². The van der Waals surface area contributed by atoms with Crippen molar-refractivity contribution >= 4 is 40.8 Å². The Bertz CT molecular complexity index is 733. The molecule has 0 aliphatic heterocycles. The zero-order chi connectivity index (χ0) is 16.3. The predicted molar refractivity (Wildman–Crippen MR) is 87.4 cm³/mol. The van der Waals surface area contributed by atoms with Crippen LogP contribution in [0.2, 0.25) is 10.0 Å². The molecular weight excluding hydrogens is 337 g/mol. The molecule has 4 nitrogen and oxygen atoms in total. The molecule has 4 aliphatic rings. The fourth-order valence-corrected chi connectivity index (χ4v) is 4.72. The molecule has 0 radical (unpaired) electrons. The Kier molecular flexibility index (Phi) is 3.43. The van der Waals surface area contributed by atoms with Crippen molar-refractivity contribution in [3.8, 4) is 0 Å². The lowest BCUT2D eigenvalue weighted by Gasteiger charge is -2.41. The Hall–Kier alpha value is -1.52. The van der Waals surface area contributed by atoms with Crippen LogP contribution in [0.25, 0.3) is 0 Å². The lowest BCUT2D eigenvalue weighted by molar-refractivity contribution is -0.152. The van der Waals surface area contributed by atoms with Gasteiger partial charge in [-0.25, -0.2) is 0 Å². The quantitative estimate of drug-likeness (QED) is 0.816. The molecule has 0 heterocycles. The van der Waals surface area contributed by atoms with Crippen molar-refractivity contribution in [3.05, 3.63) is 40.4 Å². The highest BCUT2D eigenvalue weighted by Gasteiger charge is 2.62. The molecule has 2 bridgehead atoms. The number of benzene rings is 1. The number of carbonyl (C=O) groups excluding carboxylic acids is 1. The van der Waals surface area contributed by atoms with Gasteiger partial charge in [0.2, 0.25) is 5.91 Å². The maximum Gasteiger partial charge on any atom is 0.307 e. The van der Waals surface area contributed by atoms with Crippen LogP contribution in [0, 0.1) is 35.5 Å². The summed E-state index contributed by atoms with van der Waals surface area (Å²) in [5.74, 6) is -1.54. The van der Waals surface area contributed by atoms with E-state index in [0.717, 1.165) is 6.42 Å². The van der Waals surface area contributed by atoms with E-state index in [1.165, 1.54) is 0 Å². The highest BCUT2D eigenvalue weighted by Crippen LogP contribution is 2.63. The van der Waals surface area contributed by atoms with Gasteiger partial charge in [-0.3, -0.25) is 9.59 Å². The maximum absolute atomic E-state index is 12.8. The Morgan fingerprint density at radius 2 is 1.74 bits per heavy atom. The first-order chi connectivity index (χ1) is 11.0. The summed E-state index contributed by atoms with van der Waals surface area (Å²) < 4.78 is 0. The van der Waals surface area contributed by atoms with Gasteiger partial charge in [-0.1, -0.05) is 35.4 Å². The van der Waals surface area contributed by atoms with Gasteiger partial charge in [0.05, 0.1) is 22.5 Å². The van der Waals surface area contributed by atoms with Crippen LogP contribution in [0.4, 0.5) is 5.69 Å². The van der Waals surface area contributed by atoms with Crippen LogP contribution in [0.15, 0.2) is 30.4 Å². The zero-order valence-electron chi connectivity index (χ0n) is 12.1. The number of carboxylic acid groups (broad SMARTS) is 1. The molecular formula is C17H15Cl2NO3. The molecule has 6 atom stereocenters. The number of hydrogen-bond acceptors (Lipinski definition) is 2. The second-order valence-electron chi connectivity index (χ2n) is 6.61. The molecule has 2 saturated carbocycles. The molecule has 6 heteroatoms. The van der Waals surface area contributed by atoms with E-state index < -0.39 is 17.8 Å². The van der Waals surface area contributed by atoms with Gasteiger partial charge in [0.15, 0.2) is 0 Å². The number of amides is 1. The standard InChI is InChI=1S/C17H15Cl2NO3/c18-7-1-4-12(19)13(5-7)20-16(21)14-8-2-3-9(11-6-10(8)11)15(14)17(22)23/h1-5,8-11,14-15H,6H2,(H,20,21)(H,22,23)/t8-,9-,10-,11-,14+,15+/m0/s1. The van der Waals surface area contributed by atoms with Crippen LogP contribution in [0.3, 0.4) is 0 Å². The number of aliphatic carboxylic acids is 1. The molecule has 5 rings (SSSR count). The molecule has 2 fully saturated rings. The number of anilines is 1. The molecule has 4 aliphatic carbocycles. The van der Waals surface area contributed by atoms with E-state index >= 15 is 0 Å². The minimum Gasteiger partial charge on any atom is -0.481 e. The van der Waals surface area contributed by atoms with Crippen molar-refractivity contribution in [2.24, 2.45) is 35.5 Å². The number of nitrogens with one attached hydrogen (secondary N) is 1. The van der Waals surface area contributed by atoms with E-state index in [-0.39, 0.29) is 17.7 Å². The molecule has 1 aromatic rings. The van der Waals surface area contributed by atoms with E-state index in [2.05, 4.69) is 5.32 Å². The van der Waals surface area contributed by atoms with Gasteiger partial charge in [-0.2, -0.15) is 0 Å². The summed E-state index contributed by atoms with van der Waals surface area (Å²) in [7, 11) is 0. The fourth-order valence-electron chi connectivity index (χ4n) is 4.38. The van der Waals surface area contributed by atoms with Crippen molar-refractivity contribution in [2.45, 2.75) is 6.42 Å². The second kappa shape index (κ2) is 5.25. The van der Waals surface area contributed by atoms with Crippen molar-refractivity contribution in [3.63, 3.8) is 0 Å². The maximum atomic E-state index is 12.8. The van der Waals surface area contributed by atoms with E-state index in [0.29, 0.717) is 27.6 Å². The summed E-state index contributed by atoms with van der Waals surface area (Å²) in [5.41, 5.74) is 0.422. The smallest absolute Gasteiger partial charge is 0.307 e. The Morgan fingerprint density at radius 1 is 1.09 bits per heavy atom. The summed E-state index contributed by atoms with van der Waals surface area (Å²) in [6.07, 6.45) is 5.05. The van der Waals surface area contributed by atoms with Crippen LogP contribution in [-0.4, -0.2) is 17.0 Å². The number of allylic oxidation sites excluding steroid dienone is 2. The third-order valence-corrected chi connectivity index (χ3v) is 5.99. The Morgan fingerprint density at radius 3 is 2.39 bits per heavy atom. The second-order valence-corrected chi connectivity index (χ2v) is 7.45. The largest absolute Gasteiger partial charge is 0.481 e. The van der Waals surface area contributed by atoms with Crippen LogP contribution in [-0.2, 0) is 9.59 Å². The summed E-state index contributed by atoms with van der Waals surface area (Å²) in [4.78, 5) is 24.5. The molecule has 0 saturated heterocycles. The third-order valence-electron chi connectivity index (χ3n) is 5.43. The molecule has 23 heavy (non-hydrogen) atoms. The average Bonchev–Trinajstić information content (AvgIpc) is 3.32. The van der Waals surface area contributed by atoms with Crippen molar-refractivity contribution in [1.29, 1.82) is 0 Å². The summed E-state index contributed by atoms with van der Waals surface area (Å²) in [6, 6.07) is 4.83. The summed E-state index contributed by atoms with van der Waals surface area (Å²) >= 11 is 12.0. The van der Waals surface area contributed by atoms with E-state index in [1.54, 1.807) is 18.2 Å². The summed E-state index contributed by atoms with van der Waals surface area (Å²) in [5, 5.41) is 13.2. The van der Waals surface area contributed by atoms with Crippen LogP contribution in [0.1, 0.15) is 6.42 Å². The Balaban J connectivity index is 1.63. The van der Waals surface area contributed by atoms with Crippen molar-refractivity contribution in [2.75, 3.05) is 5.32 Å². The van der Waals surface area contributed by atoms with Crippen LogP contribution in [0.5, 0.6) is 0 Å². The van der Waals surface area contributed by atoms with Crippen LogP contribution >= 0.6 is 23.2 Å². The minimum atomic E-state index is -0.896. The highest BCUT2D eigenvalue weighted by molar-refractivity contribution is 6.35. The van der Waals surface area contributed by atoms with E-state index in [9.17, 15) is 14.7 Å². The molecule has 120 valence electrons. The molecule has 2 N–H and O–H groups in total. The fraction of sp³-hybridized carbons (Fsp3) is 0.412. The van der Waals surface area contributed by atoms with Gasteiger partial charge in [-0.15, -0.1) is 0 Å². The molecule has 0 unspecified atom stereocenters. The average molecular weight is 352 g/mol. The van der Waals surface area contributed by atoms with Gasteiger partial charge < -0.3 is 10.4 Å².